The summed E-state index contributed by atoms with van der Waals surface area (Å²) < 4.78 is 24.9. The minimum Gasteiger partial charge on any atom is -0.298 e. The minimum atomic E-state index is -3.04. The van der Waals surface area contributed by atoms with Crippen molar-refractivity contribution >= 4 is 27.7 Å². The molecule has 0 N–H and O–H groups in total. The lowest BCUT2D eigenvalue weighted by Gasteiger charge is -2.23. The fourth-order valence-corrected chi connectivity index (χ4v) is 5.20. The molecule has 2 heterocycles. The van der Waals surface area contributed by atoms with Crippen LogP contribution in [0.3, 0.4) is 0 Å². The predicted molar refractivity (Wildman–Crippen MR) is 71.5 cm³/mol. The highest BCUT2D eigenvalue weighted by atomic mass is 35.5. The summed E-state index contributed by atoms with van der Waals surface area (Å²) in [5, 5.41) is 4.73. The van der Waals surface area contributed by atoms with Crippen molar-refractivity contribution in [1.29, 1.82) is 0 Å². The van der Waals surface area contributed by atoms with Crippen molar-refractivity contribution < 1.29 is 13.2 Å². The van der Waals surface area contributed by atoms with Gasteiger partial charge >= 0.3 is 0 Å². The molecule has 0 amide bonds. The quantitative estimate of drug-likeness (QED) is 0.798. The zero-order chi connectivity index (χ0) is 13.8. The first-order chi connectivity index (χ1) is 8.86. The Hall–Kier alpha value is -0.880. The van der Waals surface area contributed by atoms with E-state index in [4.69, 9.17) is 11.6 Å². The van der Waals surface area contributed by atoms with Crippen molar-refractivity contribution in [3.8, 4) is 0 Å². The van der Waals surface area contributed by atoms with Crippen LogP contribution in [0.5, 0.6) is 0 Å². The highest BCUT2D eigenvalue weighted by Gasteiger charge is 2.43. The average Bonchev–Trinajstić information content (AvgIpc) is 3.04. The van der Waals surface area contributed by atoms with Crippen LogP contribution in [0.4, 0.5) is 0 Å². The van der Waals surface area contributed by atoms with Gasteiger partial charge in [-0.15, -0.1) is 0 Å². The van der Waals surface area contributed by atoms with E-state index in [1.54, 1.807) is 4.68 Å². The Bertz CT molecular complexity index is 648. The second kappa shape index (κ2) is 4.06. The summed E-state index contributed by atoms with van der Waals surface area (Å²) in [6, 6.07) is 0. The number of rotatable bonds is 3. The van der Waals surface area contributed by atoms with Gasteiger partial charge in [0.25, 0.3) is 0 Å². The van der Waals surface area contributed by atoms with E-state index in [0.29, 0.717) is 17.9 Å². The number of carbonyl (C=O) groups is 1. The fraction of sp³-hybridized carbons (Fsp3) is 0.667. The molecule has 1 unspecified atom stereocenters. The second-order valence-electron chi connectivity index (χ2n) is 5.73. The molecule has 5 nitrogen and oxygen atoms in total. The molecule has 104 valence electrons. The van der Waals surface area contributed by atoms with Crippen LogP contribution in [0.15, 0.2) is 0 Å². The van der Waals surface area contributed by atoms with E-state index in [0.717, 1.165) is 24.8 Å². The van der Waals surface area contributed by atoms with Gasteiger partial charge in [0.05, 0.1) is 28.3 Å². The summed E-state index contributed by atoms with van der Waals surface area (Å²) in [5.41, 5.74) is 0.515. The standard InChI is InChI=1S/C12H15ClN2O3S/c1-12(4-5-19(17,18)7-12)15-11(13)9(6-16)10(14-15)8-2-3-8/h6,8H,2-5,7H2,1H3. The van der Waals surface area contributed by atoms with E-state index < -0.39 is 15.4 Å². The van der Waals surface area contributed by atoms with Gasteiger partial charge in [-0.1, -0.05) is 11.6 Å². The summed E-state index contributed by atoms with van der Waals surface area (Å²) in [6.07, 6.45) is 3.25. The Morgan fingerprint density at radius 2 is 2.16 bits per heavy atom. The first-order valence-corrected chi connectivity index (χ1v) is 8.51. The molecule has 1 aliphatic heterocycles. The van der Waals surface area contributed by atoms with Gasteiger partial charge < -0.3 is 0 Å². The van der Waals surface area contributed by atoms with Crippen molar-refractivity contribution in [2.45, 2.75) is 37.6 Å². The van der Waals surface area contributed by atoms with Crippen LogP contribution in [0.25, 0.3) is 0 Å². The van der Waals surface area contributed by atoms with Gasteiger partial charge in [-0.25, -0.2) is 13.1 Å². The smallest absolute Gasteiger partial charge is 0.155 e. The monoisotopic (exact) mass is 302 g/mol. The minimum absolute atomic E-state index is 0.0316. The maximum absolute atomic E-state index is 11.7. The molecule has 1 atom stereocenters. The molecule has 0 bridgehead atoms. The molecule has 3 rings (SSSR count). The van der Waals surface area contributed by atoms with Crippen molar-refractivity contribution in [1.82, 2.24) is 9.78 Å². The number of carbonyl (C=O) groups excluding carboxylic acids is 1. The van der Waals surface area contributed by atoms with Crippen molar-refractivity contribution in [3.63, 3.8) is 0 Å². The summed E-state index contributed by atoms with van der Waals surface area (Å²) in [7, 11) is -3.04. The number of aldehydes is 1. The number of halogens is 1. The zero-order valence-corrected chi connectivity index (χ0v) is 12.2. The zero-order valence-electron chi connectivity index (χ0n) is 10.6. The van der Waals surface area contributed by atoms with Crippen LogP contribution < -0.4 is 0 Å². The largest absolute Gasteiger partial charge is 0.298 e. The normalized spacial score (nSPS) is 29.6. The van der Waals surface area contributed by atoms with Crippen LogP contribution in [-0.4, -0.2) is 36.0 Å². The molecule has 19 heavy (non-hydrogen) atoms. The van der Waals surface area contributed by atoms with E-state index >= 15 is 0 Å². The molecule has 0 aromatic carbocycles. The third kappa shape index (κ3) is 2.10. The van der Waals surface area contributed by atoms with Crippen LogP contribution in [0.1, 0.15) is 48.2 Å². The first kappa shape index (κ1) is 13.1. The number of nitrogens with zero attached hydrogens (tertiary/aromatic N) is 2. The molecule has 1 aliphatic carbocycles. The Kier molecular flexibility index (Phi) is 2.80. The van der Waals surface area contributed by atoms with Crippen LogP contribution >= 0.6 is 11.6 Å². The third-order valence-electron chi connectivity index (χ3n) is 3.97. The highest BCUT2D eigenvalue weighted by Crippen LogP contribution is 2.44. The molecule has 2 fully saturated rings. The van der Waals surface area contributed by atoms with Gasteiger partial charge in [0.15, 0.2) is 16.1 Å². The molecule has 7 heteroatoms. The molecule has 0 radical (unpaired) electrons. The molecule has 2 aliphatic rings. The van der Waals surface area contributed by atoms with Gasteiger partial charge in [0, 0.05) is 5.92 Å². The average molecular weight is 303 g/mol. The maximum atomic E-state index is 11.7. The lowest BCUT2D eigenvalue weighted by molar-refractivity contribution is 0.112. The second-order valence-corrected chi connectivity index (χ2v) is 8.27. The van der Waals surface area contributed by atoms with Crippen LogP contribution in [-0.2, 0) is 15.4 Å². The first-order valence-electron chi connectivity index (χ1n) is 6.31. The highest BCUT2D eigenvalue weighted by molar-refractivity contribution is 7.91. The lowest BCUT2D eigenvalue weighted by Crippen LogP contribution is -2.32. The van der Waals surface area contributed by atoms with Gasteiger partial charge in [-0.3, -0.25) is 4.79 Å². The van der Waals surface area contributed by atoms with Gasteiger partial charge in [0.1, 0.15) is 5.15 Å². The van der Waals surface area contributed by atoms with Gasteiger partial charge in [0.2, 0.25) is 0 Å². The summed E-state index contributed by atoms with van der Waals surface area (Å²) >= 11 is 6.24. The van der Waals surface area contributed by atoms with Crippen molar-refractivity contribution in [2.75, 3.05) is 11.5 Å². The summed E-state index contributed by atoms with van der Waals surface area (Å²) in [5.74, 6) is 0.485. The Morgan fingerprint density at radius 1 is 1.47 bits per heavy atom. The van der Waals surface area contributed by atoms with Crippen molar-refractivity contribution in [3.05, 3.63) is 16.4 Å². The van der Waals surface area contributed by atoms with Crippen molar-refractivity contribution in [2.24, 2.45) is 0 Å². The van der Waals surface area contributed by atoms with Gasteiger partial charge in [-0.05, 0) is 26.2 Å². The number of hydrogen-bond donors (Lipinski definition) is 0. The van der Waals surface area contributed by atoms with Crippen LogP contribution in [0.2, 0.25) is 5.15 Å². The summed E-state index contributed by atoms with van der Waals surface area (Å²) in [6.45, 7) is 1.84. The lowest BCUT2D eigenvalue weighted by atomic mass is 10.0. The molecule has 1 aromatic rings. The van der Waals surface area contributed by atoms with E-state index in [1.165, 1.54) is 0 Å². The van der Waals surface area contributed by atoms with E-state index in [9.17, 15) is 13.2 Å². The SMILES string of the molecule is CC1(n2nc(C3CC3)c(C=O)c2Cl)CCS(=O)(=O)C1. The van der Waals surface area contributed by atoms with Crippen LogP contribution in [0, 0.1) is 0 Å². The fourth-order valence-electron chi connectivity index (χ4n) is 2.71. The number of sulfone groups is 1. The Morgan fingerprint density at radius 3 is 2.63 bits per heavy atom. The Balaban J connectivity index is 2.08. The molecular weight excluding hydrogens is 288 g/mol. The van der Waals surface area contributed by atoms with E-state index in [1.807, 2.05) is 6.92 Å². The predicted octanol–water partition coefficient (Wildman–Crippen LogP) is 1.76. The molecule has 1 saturated carbocycles. The molecule has 1 aromatic heterocycles. The van der Waals surface area contributed by atoms with E-state index in [2.05, 4.69) is 5.10 Å². The van der Waals surface area contributed by atoms with Gasteiger partial charge in [-0.2, -0.15) is 5.10 Å². The molecular formula is C12H15ClN2O3S. The molecule has 1 saturated heterocycles. The maximum Gasteiger partial charge on any atom is 0.155 e. The number of hydrogen-bond acceptors (Lipinski definition) is 4. The third-order valence-corrected chi connectivity index (χ3v) is 6.22. The summed E-state index contributed by atoms with van der Waals surface area (Å²) in [4.78, 5) is 11.2. The topological polar surface area (TPSA) is 69.0 Å². The van der Waals surface area contributed by atoms with E-state index in [-0.39, 0.29) is 16.7 Å². The molecule has 0 spiro atoms. The Labute approximate surface area is 116 Å². The number of aromatic nitrogens is 2.